The standard InChI is InChI=1S/C13H19N3OS/c17-12(10-3-1-4-10)15-9-11-5-2-7-16(11)13-14-6-8-18-13/h6,8,10-11H,1-5,7,9H2,(H,15,17)/t11-/m1/s1. The number of carbonyl (C=O) groups excluding carboxylic acids is 1. The van der Waals surface area contributed by atoms with Crippen LogP contribution in [0.3, 0.4) is 0 Å². The number of carbonyl (C=O) groups is 1. The predicted octanol–water partition coefficient (Wildman–Crippen LogP) is 2.03. The summed E-state index contributed by atoms with van der Waals surface area (Å²) in [4.78, 5) is 18.5. The van der Waals surface area contributed by atoms with Crippen molar-refractivity contribution in [3.8, 4) is 0 Å². The number of aromatic nitrogens is 1. The smallest absolute Gasteiger partial charge is 0.223 e. The zero-order valence-corrected chi connectivity index (χ0v) is 11.3. The Hall–Kier alpha value is -1.10. The van der Waals surface area contributed by atoms with E-state index in [2.05, 4.69) is 15.2 Å². The van der Waals surface area contributed by atoms with E-state index < -0.39 is 0 Å². The van der Waals surface area contributed by atoms with Gasteiger partial charge >= 0.3 is 0 Å². The molecule has 1 amide bonds. The number of amides is 1. The number of nitrogens with zero attached hydrogens (tertiary/aromatic N) is 2. The molecule has 0 aromatic carbocycles. The quantitative estimate of drug-likeness (QED) is 0.906. The molecular weight excluding hydrogens is 246 g/mol. The zero-order chi connectivity index (χ0) is 12.4. The van der Waals surface area contributed by atoms with Crippen LogP contribution in [-0.2, 0) is 4.79 Å². The molecule has 1 saturated carbocycles. The van der Waals surface area contributed by atoms with Crippen molar-refractivity contribution < 1.29 is 4.79 Å². The highest BCUT2D eigenvalue weighted by Gasteiger charge is 2.29. The van der Waals surface area contributed by atoms with Crippen LogP contribution in [0.2, 0.25) is 0 Å². The normalized spacial score (nSPS) is 24.0. The SMILES string of the molecule is O=C(NC[C@H]1CCCN1c1nccs1)C1CCC1. The molecule has 5 heteroatoms. The van der Waals surface area contributed by atoms with E-state index in [0.29, 0.717) is 12.0 Å². The maximum atomic E-state index is 11.8. The third-order valence-corrected chi connectivity index (χ3v) is 4.84. The molecule has 0 bridgehead atoms. The average Bonchev–Trinajstić information content (AvgIpc) is 2.94. The topological polar surface area (TPSA) is 45.2 Å². The fourth-order valence-corrected chi connectivity index (χ4v) is 3.43. The lowest BCUT2D eigenvalue weighted by Gasteiger charge is -2.27. The van der Waals surface area contributed by atoms with Gasteiger partial charge in [0.1, 0.15) is 0 Å². The van der Waals surface area contributed by atoms with Crippen molar-refractivity contribution in [1.82, 2.24) is 10.3 Å². The van der Waals surface area contributed by atoms with E-state index >= 15 is 0 Å². The molecule has 0 unspecified atom stereocenters. The molecule has 1 aliphatic carbocycles. The summed E-state index contributed by atoms with van der Waals surface area (Å²) in [5.41, 5.74) is 0. The van der Waals surface area contributed by atoms with Crippen molar-refractivity contribution in [3.63, 3.8) is 0 Å². The van der Waals surface area contributed by atoms with Crippen molar-refractivity contribution in [1.29, 1.82) is 0 Å². The largest absolute Gasteiger partial charge is 0.354 e. The molecular formula is C13H19N3OS. The van der Waals surface area contributed by atoms with Crippen molar-refractivity contribution >= 4 is 22.4 Å². The Morgan fingerprint density at radius 1 is 1.44 bits per heavy atom. The first-order valence-electron chi connectivity index (χ1n) is 6.78. The predicted molar refractivity (Wildman–Crippen MR) is 72.8 cm³/mol. The lowest BCUT2D eigenvalue weighted by atomic mass is 9.85. The second-order valence-electron chi connectivity index (χ2n) is 5.18. The maximum Gasteiger partial charge on any atom is 0.223 e. The minimum absolute atomic E-state index is 0.257. The minimum atomic E-state index is 0.257. The van der Waals surface area contributed by atoms with E-state index in [1.54, 1.807) is 11.3 Å². The number of nitrogens with one attached hydrogen (secondary N) is 1. The van der Waals surface area contributed by atoms with Gasteiger partial charge in [0.2, 0.25) is 5.91 Å². The highest BCUT2D eigenvalue weighted by atomic mass is 32.1. The molecule has 4 nitrogen and oxygen atoms in total. The molecule has 2 heterocycles. The fourth-order valence-electron chi connectivity index (χ4n) is 2.69. The summed E-state index contributed by atoms with van der Waals surface area (Å²) in [6.45, 7) is 1.84. The summed E-state index contributed by atoms with van der Waals surface area (Å²) in [5, 5.41) is 6.22. The lowest BCUT2D eigenvalue weighted by molar-refractivity contribution is -0.127. The Morgan fingerprint density at radius 2 is 2.33 bits per heavy atom. The summed E-state index contributed by atoms with van der Waals surface area (Å²) in [7, 11) is 0. The van der Waals surface area contributed by atoms with Crippen LogP contribution in [0.1, 0.15) is 32.1 Å². The number of hydrogen-bond donors (Lipinski definition) is 1. The van der Waals surface area contributed by atoms with Gasteiger partial charge in [-0.25, -0.2) is 4.98 Å². The molecule has 18 heavy (non-hydrogen) atoms. The van der Waals surface area contributed by atoms with Gasteiger partial charge in [0.25, 0.3) is 0 Å². The third-order valence-electron chi connectivity index (χ3n) is 4.03. The first-order chi connectivity index (χ1) is 8.84. The molecule has 0 spiro atoms. The van der Waals surface area contributed by atoms with E-state index in [4.69, 9.17) is 0 Å². The molecule has 1 saturated heterocycles. The van der Waals surface area contributed by atoms with Crippen LogP contribution in [0.15, 0.2) is 11.6 Å². The fraction of sp³-hybridized carbons (Fsp3) is 0.692. The van der Waals surface area contributed by atoms with E-state index in [0.717, 1.165) is 37.5 Å². The molecule has 98 valence electrons. The Morgan fingerprint density at radius 3 is 3.00 bits per heavy atom. The number of anilines is 1. The van der Waals surface area contributed by atoms with E-state index in [1.165, 1.54) is 12.8 Å². The second-order valence-corrected chi connectivity index (χ2v) is 6.05. The van der Waals surface area contributed by atoms with Gasteiger partial charge in [-0.1, -0.05) is 6.42 Å². The number of hydrogen-bond acceptors (Lipinski definition) is 4. The van der Waals surface area contributed by atoms with Gasteiger partial charge in [0.05, 0.1) is 0 Å². The van der Waals surface area contributed by atoms with Crippen molar-refractivity contribution in [2.45, 2.75) is 38.1 Å². The molecule has 1 aliphatic heterocycles. The highest BCUT2D eigenvalue weighted by molar-refractivity contribution is 7.13. The average molecular weight is 265 g/mol. The van der Waals surface area contributed by atoms with E-state index in [9.17, 15) is 4.79 Å². The second kappa shape index (κ2) is 5.26. The molecule has 1 aromatic heterocycles. The van der Waals surface area contributed by atoms with Crippen LogP contribution in [0, 0.1) is 5.92 Å². The van der Waals surface area contributed by atoms with Crippen molar-refractivity contribution in [3.05, 3.63) is 11.6 Å². The molecule has 1 aromatic rings. The van der Waals surface area contributed by atoms with E-state index in [-0.39, 0.29) is 5.91 Å². The Balaban J connectivity index is 1.53. The summed E-state index contributed by atoms with van der Waals surface area (Å²) < 4.78 is 0. The first-order valence-corrected chi connectivity index (χ1v) is 7.66. The van der Waals surface area contributed by atoms with Crippen LogP contribution in [-0.4, -0.2) is 30.0 Å². The summed E-state index contributed by atoms with van der Waals surface area (Å²) >= 11 is 1.68. The van der Waals surface area contributed by atoms with E-state index in [1.807, 2.05) is 11.6 Å². The van der Waals surface area contributed by atoms with Crippen LogP contribution >= 0.6 is 11.3 Å². The minimum Gasteiger partial charge on any atom is -0.354 e. The van der Waals surface area contributed by atoms with Crippen molar-refractivity contribution in [2.75, 3.05) is 18.0 Å². The highest BCUT2D eigenvalue weighted by Crippen LogP contribution is 2.28. The summed E-state index contributed by atoms with van der Waals surface area (Å²) in [6, 6.07) is 0.431. The monoisotopic (exact) mass is 265 g/mol. The first kappa shape index (κ1) is 12.0. The van der Waals surface area contributed by atoms with Gasteiger partial charge in [0.15, 0.2) is 5.13 Å². The van der Waals surface area contributed by atoms with Gasteiger partial charge in [-0.15, -0.1) is 11.3 Å². The molecule has 3 rings (SSSR count). The Kier molecular flexibility index (Phi) is 3.50. The van der Waals surface area contributed by atoms with Gasteiger partial charge in [0, 0.05) is 36.6 Å². The van der Waals surface area contributed by atoms with Crippen LogP contribution < -0.4 is 10.2 Å². The van der Waals surface area contributed by atoms with Gasteiger partial charge < -0.3 is 10.2 Å². The van der Waals surface area contributed by atoms with Crippen molar-refractivity contribution in [2.24, 2.45) is 5.92 Å². The number of rotatable bonds is 4. The summed E-state index contributed by atoms with van der Waals surface area (Å²) in [6.07, 6.45) is 7.57. The molecule has 0 radical (unpaired) electrons. The Labute approximate surface area is 111 Å². The molecule has 1 atom stereocenters. The molecule has 2 aliphatic rings. The van der Waals surface area contributed by atoms with Gasteiger partial charge in [-0.2, -0.15) is 0 Å². The van der Waals surface area contributed by atoms with Gasteiger partial charge in [-0.3, -0.25) is 4.79 Å². The molecule has 1 N–H and O–H groups in total. The van der Waals surface area contributed by atoms with Gasteiger partial charge in [-0.05, 0) is 25.7 Å². The Bertz CT molecular complexity index is 402. The summed E-state index contributed by atoms with van der Waals surface area (Å²) in [5.74, 6) is 0.548. The van der Waals surface area contributed by atoms with Crippen LogP contribution in [0.25, 0.3) is 0 Å². The molecule has 2 fully saturated rings. The third kappa shape index (κ3) is 2.36. The van der Waals surface area contributed by atoms with Crippen LogP contribution in [0.5, 0.6) is 0 Å². The lowest BCUT2D eigenvalue weighted by Crippen LogP contribution is -2.43. The zero-order valence-electron chi connectivity index (χ0n) is 10.5. The van der Waals surface area contributed by atoms with Crippen LogP contribution in [0.4, 0.5) is 5.13 Å². The number of thiazole rings is 1. The maximum absolute atomic E-state index is 11.8.